The van der Waals surface area contributed by atoms with Crippen LogP contribution in [0.15, 0.2) is 46.0 Å². The van der Waals surface area contributed by atoms with Gasteiger partial charge in [0.15, 0.2) is 0 Å². The van der Waals surface area contributed by atoms with E-state index >= 15 is 0 Å². The molecular formula is C16H21NO2S2. The minimum atomic E-state index is -0.968. The first kappa shape index (κ1) is 16.2. The fourth-order valence-electron chi connectivity index (χ4n) is 1.99. The van der Waals surface area contributed by atoms with Crippen molar-refractivity contribution >= 4 is 22.1 Å². The molecule has 2 aromatic rings. The normalized spacial score (nSPS) is 13.8. The van der Waals surface area contributed by atoms with E-state index in [0.29, 0.717) is 5.75 Å². The van der Waals surface area contributed by atoms with Crippen molar-refractivity contribution in [2.24, 2.45) is 0 Å². The average Bonchev–Trinajstić information content (AvgIpc) is 3.05. The van der Waals surface area contributed by atoms with Crippen molar-refractivity contribution in [3.63, 3.8) is 0 Å². The molecule has 114 valence electrons. The zero-order chi connectivity index (χ0) is 15.1. The van der Waals surface area contributed by atoms with E-state index in [1.807, 2.05) is 48.8 Å². The summed E-state index contributed by atoms with van der Waals surface area (Å²) in [7, 11) is 0.932. The maximum atomic E-state index is 12.3. The van der Waals surface area contributed by atoms with Crippen LogP contribution in [0.5, 0.6) is 5.75 Å². The molecule has 5 heteroatoms. The van der Waals surface area contributed by atoms with Crippen LogP contribution < -0.4 is 10.1 Å². The highest BCUT2D eigenvalue weighted by atomic mass is 32.2. The lowest BCUT2D eigenvalue weighted by molar-refractivity contribution is 0.317. The number of benzene rings is 1. The van der Waals surface area contributed by atoms with Gasteiger partial charge in [0.05, 0.1) is 21.6 Å². The van der Waals surface area contributed by atoms with E-state index in [4.69, 9.17) is 4.74 Å². The Bertz CT molecular complexity index is 552. The van der Waals surface area contributed by atoms with Crippen LogP contribution in [-0.4, -0.2) is 23.6 Å². The fourth-order valence-corrected chi connectivity index (χ4v) is 4.29. The van der Waals surface area contributed by atoms with Crippen LogP contribution in [0.1, 0.15) is 24.9 Å². The lowest BCUT2D eigenvalue weighted by Gasteiger charge is -2.16. The molecule has 1 aromatic heterocycles. The molecule has 1 aromatic carbocycles. The summed E-state index contributed by atoms with van der Waals surface area (Å²) in [6.07, 6.45) is 1.00. The molecule has 2 unspecified atom stereocenters. The Morgan fingerprint density at radius 2 is 2.05 bits per heavy atom. The quantitative estimate of drug-likeness (QED) is 0.806. The molecule has 0 aliphatic heterocycles. The summed E-state index contributed by atoms with van der Waals surface area (Å²) in [5, 5.41) is 5.20. The molecule has 0 amide bonds. The highest BCUT2D eigenvalue weighted by molar-refractivity contribution is 7.87. The van der Waals surface area contributed by atoms with Crippen molar-refractivity contribution in [2.45, 2.75) is 23.6 Å². The Kier molecular flexibility index (Phi) is 6.42. The molecule has 2 rings (SSSR count). The van der Waals surface area contributed by atoms with Gasteiger partial charge in [0, 0.05) is 11.8 Å². The molecule has 0 bridgehead atoms. The van der Waals surface area contributed by atoms with Gasteiger partial charge in [-0.2, -0.15) is 0 Å². The summed E-state index contributed by atoms with van der Waals surface area (Å²) in [4.78, 5) is 0. The molecule has 1 heterocycles. The Balaban J connectivity index is 2.01. The van der Waals surface area contributed by atoms with E-state index in [0.717, 1.165) is 28.5 Å². The van der Waals surface area contributed by atoms with Gasteiger partial charge >= 0.3 is 0 Å². The first-order valence-corrected chi connectivity index (χ1v) is 9.26. The van der Waals surface area contributed by atoms with E-state index in [1.165, 1.54) is 0 Å². The molecular weight excluding hydrogens is 302 g/mol. The minimum absolute atomic E-state index is 0.0770. The van der Waals surface area contributed by atoms with Crippen LogP contribution in [0.3, 0.4) is 0 Å². The van der Waals surface area contributed by atoms with Crippen LogP contribution in [0.4, 0.5) is 0 Å². The van der Waals surface area contributed by atoms with Crippen LogP contribution in [-0.2, 0) is 10.8 Å². The van der Waals surface area contributed by atoms with E-state index in [1.54, 1.807) is 11.3 Å². The first-order chi connectivity index (χ1) is 10.2. The van der Waals surface area contributed by atoms with E-state index in [2.05, 4.69) is 12.2 Å². The van der Waals surface area contributed by atoms with Crippen molar-refractivity contribution < 1.29 is 8.95 Å². The molecule has 0 fully saturated rings. The number of hydrogen-bond acceptors (Lipinski definition) is 4. The largest absolute Gasteiger partial charge is 0.494 e. The van der Waals surface area contributed by atoms with Crippen LogP contribution in [0.25, 0.3) is 0 Å². The summed E-state index contributed by atoms with van der Waals surface area (Å²) in [5.41, 5.74) is 1.13. The smallest absolute Gasteiger partial charge is 0.119 e. The minimum Gasteiger partial charge on any atom is -0.494 e. The summed E-state index contributed by atoms with van der Waals surface area (Å²) in [6, 6.07) is 12.0. The Hall–Kier alpha value is -1.17. The van der Waals surface area contributed by atoms with Gasteiger partial charge in [-0.05, 0) is 42.6 Å². The topological polar surface area (TPSA) is 38.3 Å². The van der Waals surface area contributed by atoms with Gasteiger partial charge in [0.2, 0.25) is 0 Å². The van der Waals surface area contributed by atoms with E-state index < -0.39 is 10.8 Å². The predicted octanol–water partition coefficient (Wildman–Crippen LogP) is 3.61. The Morgan fingerprint density at radius 3 is 2.62 bits per heavy atom. The van der Waals surface area contributed by atoms with Gasteiger partial charge in [-0.3, -0.25) is 4.21 Å². The second kappa shape index (κ2) is 8.32. The van der Waals surface area contributed by atoms with Gasteiger partial charge in [-0.15, -0.1) is 11.3 Å². The predicted molar refractivity (Wildman–Crippen MR) is 89.6 cm³/mol. The zero-order valence-electron chi connectivity index (χ0n) is 12.4. The molecule has 21 heavy (non-hydrogen) atoms. The average molecular weight is 323 g/mol. The Morgan fingerprint density at radius 1 is 1.29 bits per heavy atom. The number of nitrogens with one attached hydrogen (secondary N) is 1. The third-order valence-corrected chi connectivity index (χ3v) is 5.87. The van der Waals surface area contributed by atoms with Gasteiger partial charge in [-0.25, -0.2) is 0 Å². The fraction of sp³-hybridized carbons (Fsp3) is 0.375. The highest BCUT2D eigenvalue weighted by Crippen LogP contribution is 2.22. The van der Waals surface area contributed by atoms with Crippen molar-refractivity contribution in [3.05, 3.63) is 47.3 Å². The van der Waals surface area contributed by atoms with E-state index in [9.17, 15) is 4.21 Å². The lowest BCUT2D eigenvalue weighted by Crippen LogP contribution is -2.22. The number of thiophene rings is 1. The zero-order valence-corrected chi connectivity index (χ0v) is 14.0. The Labute approximate surface area is 132 Å². The van der Waals surface area contributed by atoms with Crippen molar-refractivity contribution in [1.29, 1.82) is 0 Å². The second-order valence-electron chi connectivity index (χ2n) is 4.70. The van der Waals surface area contributed by atoms with Crippen molar-refractivity contribution in [2.75, 3.05) is 19.4 Å². The molecule has 0 radical (unpaired) electrons. The van der Waals surface area contributed by atoms with Gasteiger partial charge < -0.3 is 10.1 Å². The molecule has 1 N–H and O–H groups in total. The van der Waals surface area contributed by atoms with Gasteiger partial charge in [0.25, 0.3) is 0 Å². The third kappa shape index (κ3) is 4.66. The van der Waals surface area contributed by atoms with Crippen molar-refractivity contribution in [1.82, 2.24) is 5.32 Å². The number of rotatable bonds is 8. The summed E-state index contributed by atoms with van der Waals surface area (Å²) in [5.74, 6) is 1.46. The second-order valence-corrected chi connectivity index (χ2v) is 7.37. The molecule has 0 saturated heterocycles. The summed E-state index contributed by atoms with van der Waals surface area (Å²) < 4.78 is 18.8. The first-order valence-electron chi connectivity index (χ1n) is 7.06. The standard InChI is InChI=1S/C16H21NO2S2/c1-3-10-19-14-8-6-13(7-9-14)15(17-2)12-21(18)16-5-4-11-20-16/h4-9,11,15,17H,3,10,12H2,1-2H3. The molecule has 0 saturated carbocycles. The third-order valence-electron chi connectivity index (χ3n) is 3.14. The lowest BCUT2D eigenvalue weighted by atomic mass is 10.1. The SMILES string of the molecule is CCCOc1ccc(C(CS(=O)c2cccs2)NC)cc1. The summed E-state index contributed by atoms with van der Waals surface area (Å²) >= 11 is 1.54. The van der Waals surface area contributed by atoms with Crippen LogP contribution >= 0.6 is 11.3 Å². The number of ether oxygens (including phenoxy) is 1. The maximum absolute atomic E-state index is 12.3. The summed E-state index contributed by atoms with van der Waals surface area (Å²) in [6.45, 7) is 2.82. The maximum Gasteiger partial charge on any atom is 0.119 e. The molecule has 0 aliphatic carbocycles. The molecule has 3 nitrogen and oxygen atoms in total. The van der Waals surface area contributed by atoms with Gasteiger partial charge in [-0.1, -0.05) is 25.1 Å². The van der Waals surface area contributed by atoms with Crippen molar-refractivity contribution in [3.8, 4) is 5.75 Å². The van der Waals surface area contributed by atoms with Crippen LogP contribution in [0.2, 0.25) is 0 Å². The molecule has 0 aliphatic rings. The van der Waals surface area contributed by atoms with Gasteiger partial charge in [0.1, 0.15) is 5.75 Å². The molecule has 0 spiro atoms. The van der Waals surface area contributed by atoms with E-state index in [-0.39, 0.29) is 6.04 Å². The highest BCUT2D eigenvalue weighted by Gasteiger charge is 2.15. The molecule has 2 atom stereocenters. The monoisotopic (exact) mass is 323 g/mol. The van der Waals surface area contributed by atoms with Crippen LogP contribution in [0, 0.1) is 0 Å². The number of hydrogen-bond donors (Lipinski definition) is 1.